The zero-order chi connectivity index (χ0) is 22.4. The molecule has 3 N–H and O–H groups in total. The van der Waals surface area contributed by atoms with Crippen molar-refractivity contribution in [2.24, 2.45) is 7.05 Å². The van der Waals surface area contributed by atoms with Gasteiger partial charge in [-0.2, -0.15) is 0 Å². The minimum absolute atomic E-state index is 0.118. The van der Waals surface area contributed by atoms with Crippen molar-refractivity contribution in [2.75, 3.05) is 24.8 Å². The molecule has 0 saturated carbocycles. The molecular weight excluding hydrogens is 440 g/mol. The molecule has 3 aromatic rings. The van der Waals surface area contributed by atoms with E-state index in [2.05, 4.69) is 25.8 Å². The van der Waals surface area contributed by atoms with Gasteiger partial charge in [-0.05, 0) is 31.2 Å². The lowest BCUT2D eigenvalue weighted by molar-refractivity contribution is -0.113. The molecule has 0 bridgehead atoms. The van der Waals surface area contributed by atoms with E-state index in [9.17, 15) is 14.7 Å². The molecule has 0 unspecified atom stereocenters. The second-order valence-electron chi connectivity index (χ2n) is 6.47. The average molecular weight is 463 g/mol. The van der Waals surface area contributed by atoms with Crippen molar-refractivity contribution in [1.82, 2.24) is 25.1 Å². The lowest BCUT2D eigenvalue weighted by atomic mass is 10.2. The van der Waals surface area contributed by atoms with Crippen molar-refractivity contribution in [3.05, 3.63) is 46.7 Å². The average Bonchev–Trinajstić information content (AvgIpc) is 3.35. The minimum atomic E-state index is -0.756. The summed E-state index contributed by atoms with van der Waals surface area (Å²) in [5, 5.41) is 26.3. The van der Waals surface area contributed by atoms with Crippen LogP contribution in [0.1, 0.15) is 27.9 Å². The molecule has 164 valence electrons. The third-order valence-corrected chi connectivity index (χ3v) is 6.11. The predicted octanol–water partition coefficient (Wildman–Crippen LogP) is 1.78. The van der Waals surface area contributed by atoms with Gasteiger partial charge in [0.25, 0.3) is 5.91 Å². The molecule has 0 spiro atoms. The fourth-order valence-corrected chi connectivity index (χ4v) is 4.05. The summed E-state index contributed by atoms with van der Waals surface area (Å²) >= 11 is 2.55. The summed E-state index contributed by atoms with van der Waals surface area (Å²) in [6.45, 7) is 1.50. The number of aliphatic hydroxyl groups excluding tert-OH is 1. The molecule has 31 heavy (non-hydrogen) atoms. The summed E-state index contributed by atoms with van der Waals surface area (Å²) in [4.78, 5) is 28.8. The van der Waals surface area contributed by atoms with Gasteiger partial charge in [0.2, 0.25) is 5.91 Å². The Morgan fingerprint density at radius 1 is 1.29 bits per heavy atom. The van der Waals surface area contributed by atoms with Crippen LogP contribution in [0.25, 0.3) is 0 Å². The second kappa shape index (κ2) is 10.4. The molecule has 0 fully saturated rings. The highest BCUT2D eigenvalue weighted by molar-refractivity contribution is 7.99. The van der Waals surface area contributed by atoms with E-state index in [0.717, 1.165) is 5.69 Å². The zero-order valence-electron chi connectivity index (χ0n) is 17.2. The van der Waals surface area contributed by atoms with Crippen molar-refractivity contribution in [3.8, 4) is 5.75 Å². The van der Waals surface area contributed by atoms with Crippen LogP contribution in [0.4, 0.5) is 5.13 Å². The Kier molecular flexibility index (Phi) is 7.60. The molecule has 2 aromatic heterocycles. The Labute approximate surface area is 187 Å². The van der Waals surface area contributed by atoms with Crippen LogP contribution in [0.5, 0.6) is 5.75 Å². The number of hydrogen-bond donors (Lipinski definition) is 3. The number of ether oxygens (including phenoxy) is 1. The molecule has 2 heterocycles. The predicted molar refractivity (Wildman–Crippen MR) is 117 cm³/mol. The number of hydrogen-bond acceptors (Lipinski definition) is 9. The molecule has 0 aliphatic carbocycles. The topological polar surface area (TPSA) is 131 Å². The second-order valence-corrected chi connectivity index (χ2v) is 8.27. The minimum Gasteiger partial charge on any atom is -0.497 e. The van der Waals surface area contributed by atoms with Crippen LogP contribution < -0.4 is 15.4 Å². The number of anilines is 1. The van der Waals surface area contributed by atoms with Gasteiger partial charge in [-0.25, -0.2) is 4.98 Å². The number of rotatable bonds is 9. The Hall–Kier alpha value is -2.96. The maximum Gasteiger partial charge on any atom is 0.251 e. The quantitative estimate of drug-likeness (QED) is 0.410. The maximum atomic E-state index is 12.5. The van der Waals surface area contributed by atoms with Crippen molar-refractivity contribution in [2.45, 2.75) is 18.1 Å². The third-order valence-electron chi connectivity index (χ3n) is 4.22. The van der Waals surface area contributed by atoms with Crippen LogP contribution in [-0.4, -0.2) is 56.1 Å². The number of carbonyl (C=O) groups excluding carboxylic acids is 2. The lowest BCUT2D eigenvalue weighted by Crippen LogP contribution is -2.32. The van der Waals surface area contributed by atoms with Crippen molar-refractivity contribution < 1.29 is 19.4 Å². The summed E-state index contributed by atoms with van der Waals surface area (Å²) in [6, 6.07) is 5.86. The van der Waals surface area contributed by atoms with E-state index >= 15 is 0 Å². The number of aryl methyl sites for hydroxylation is 1. The number of thiazole rings is 1. The Bertz CT molecular complexity index is 1050. The van der Waals surface area contributed by atoms with Crippen LogP contribution >= 0.6 is 23.1 Å². The number of nitrogens with zero attached hydrogens (tertiary/aromatic N) is 4. The molecule has 0 radical (unpaired) electrons. The standard InChI is InChI=1S/C19H22N6O4S2/c1-11-9-30-18(20-11)22-15(27)10-31-19-24-23-16(25(19)2)14(8-26)21-17(28)12-4-6-13(29-3)7-5-12/h4-7,9,14,26H,8,10H2,1-3H3,(H,21,28)(H,20,22,27)/t14-/m1/s1. The number of thioether (sulfide) groups is 1. The fourth-order valence-electron chi connectivity index (χ4n) is 2.63. The number of carbonyl (C=O) groups is 2. The number of methoxy groups -OCH3 is 1. The van der Waals surface area contributed by atoms with Gasteiger partial charge in [-0.1, -0.05) is 11.8 Å². The number of aliphatic hydroxyl groups is 1. The summed E-state index contributed by atoms with van der Waals surface area (Å²) < 4.78 is 6.73. The van der Waals surface area contributed by atoms with Gasteiger partial charge in [-0.3, -0.25) is 9.59 Å². The molecule has 0 aliphatic rings. The molecule has 1 aromatic carbocycles. The van der Waals surface area contributed by atoms with E-state index < -0.39 is 6.04 Å². The van der Waals surface area contributed by atoms with E-state index in [1.807, 2.05) is 12.3 Å². The maximum absolute atomic E-state index is 12.5. The normalized spacial score (nSPS) is 11.7. The third kappa shape index (κ3) is 5.81. The highest BCUT2D eigenvalue weighted by Crippen LogP contribution is 2.21. The first kappa shape index (κ1) is 22.7. The molecule has 3 rings (SSSR count). The van der Waals surface area contributed by atoms with E-state index in [1.54, 1.807) is 43.0 Å². The molecular formula is C19H22N6O4S2. The Balaban J connectivity index is 1.61. The Morgan fingerprint density at radius 3 is 2.65 bits per heavy atom. The molecule has 0 saturated heterocycles. The van der Waals surface area contributed by atoms with Gasteiger partial charge in [0.05, 0.1) is 25.2 Å². The Morgan fingerprint density at radius 2 is 2.03 bits per heavy atom. The summed E-state index contributed by atoms with van der Waals surface area (Å²) in [5.41, 5.74) is 1.27. The van der Waals surface area contributed by atoms with Gasteiger partial charge < -0.3 is 25.0 Å². The molecule has 1 atom stereocenters. The number of benzene rings is 1. The summed E-state index contributed by atoms with van der Waals surface area (Å²) in [6.07, 6.45) is 0. The molecule has 10 nitrogen and oxygen atoms in total. The number of amides is 2. The number of aromatic nitrogens is 4. The first-order chi connectivity index (χ1) is 14.9. The lowest BCUT2D eigenvalue weighted by Gasteiger charge is -2.16. The van der Waals surface area contributed by atoms with Crippen LogP contribution in [0.15, 0.2) is 34.8 Å². The van der Waals surface area contributed by atoms with Gasteiger partial charge in [-0.15, -0.1) is 21.5 Å². The monoisotopic (exact) mass is 462 g/mol. The molecule has 0 aliphatic heterocycles. The van der Waals surface area contributed by atoms with Crippen LogP contribution in [0.2, 0.25) is 0 Å². The van der Waals surface area contributed by atoms with E-state index in [4.69, 9.17) is 4.74 Å². The molecule has 12 heteroatoms. The highest BCUT2D eigenvalue weighted by atomic mass is 32.2. The first-order valence-electron chi connectivity index (χ1n) is 9.21. The van der Waals surface area contributed by atoms with Crippen molar-refractivity contribution >= 4 is 40.0 Å². The van der Waals surface area contributed by atoms with Gasteiger partial charge >= 0.3 is 0 Å². The first-order valence-corrected chi connectivity index (χ1v) is 11.1. The van der Waals surface area contributed by atoms with Crippen molar-refractivity contribution in [1.29, 1.82) is 0 Å². The smallest absolute Gasteiger partial charge is 0.251 e. The van der Waals surface area contributed by atoms with Crippen LogP contribution in [0.3, 0.4) is 0 Å². The van der Waals surface area contributed by atoms with Crippen LogP contribution in [0, 0.1) is 6.92 Å². The van der Waals surface area contributed by atoms with E-state index in [0.29, 0.717) is 27.4 Å². The zero-order valence-corrected chi connectivity index (χ0v) is 18.8. The number of nitrogens with one attached hydrogen (secondary N) is 2. The largest absolute Gasteiger partial charge is 0.497 e. The summed E-state index contributed by atoms with van der Waals surface area (Å²) in [7, 11) is 3.26. The van der Waals surface area contributed by atoms with E-state index in [1.165, 1.54) is 23.1 Å². The van der Waals surface area contributed by atoms with Gasteiger partial charge in [0.15, 0.2) is 16.1 Å². The van der Waals surface area contributed by atoms with E-state index in [-0.39, 0.29) is 24.2 Å². The molecule has 2 amide bonds. The SMILES string of the molecule is COc1ccc(C(=O)N[C@H](CO)c2nnc(SCC(=O)Nc3nc(C)cs3)n2C)cc1. The van der Waals surface area contributed by atoms with Crippen molar-refractivity contribution in [3.63, 3.8) is 0 Å². The van der Waals surface area contributed by atoms with Crippen LogP contribution in [-0.2, 0) is 11.8 Å². The summed E-state index contributed by atoms with van der Waals surface area (Å²) in [5.74, 6) is 0.557. The highest BCUT2D eigenvalue weighted by Gasteiger charge is 2.22. The van der Waals surface area contributed by atoms with Gasteiger partial charge in [0, 0.05) is 18.0 Å². The van der Waals surface area contributed by atoms with Gasteiger partial charge in [0.1, 0.15) is 11.8 Å². The fraction of sp³-hybridized carbons (Fsp3) is 0.316.